The lowest BCUT2D eigenvalue weighted by atomic mass is 9.64. The van der Waals surface area contributed by atoms with Crippen molar-refractivity contribution in [1.29, 1.82) is 0 Å². The lowest BCUT2D eigenvalue weighted by Crippen LogP contribution is -2.36. The zero-order valence-electron chi connectivity index (χ0n) is 51.6. The number of hydrogen-bond acceptors (Lipinski definition) is 3. The molecule has 1 aliphatic carbocycles. The minimum atomic E-state index is -0.913. The smallest absolute Gasteiger partial charge is 0.175 e. The van der Waals surface area contributed by atoms with Crippen molar-refractivity contribution in [1.82, 2.24) is 9.13 Å². The molecule has 0 bridgehead atoms. The second-order valence-corrected chi connectivity index (χ2v) is 25.6. The molecule has 0 N–H and O–H groups in total. The second kappa shape index (κ2) is 19.9. The van der Waals surface area contributed by atoms with Crippen LogP contribution in [0.25, 0.3) is 144 Å². The molecule has 0 saturated heterocycles. The summed E-state index contributed by atoms with van der Waals surface area (Å²) in [5.41, 5.74) is 22.5. The maximum atomic E-state index is 7.32. The first-order valence-electron chi connectivity index (χ1n) is 32.5. The van der Waals surface area contributed by atoms with Crippen molar-refractivity contribution in [3.63, 3.8) is 0 Å². The second-order valence-electron chi connectivity index (χ2n) is 25.6. The van der Waals surface area contributed by atoms with E-state index in [0.29, 0.717) is 0 Å². The predicted octanol–water partition coefficient (Wildman–Crippen LogP) is 24.0. The topological polar surface area (TPSA) is 39.4 Å². The Morgan fingerprint density at radius 2 is 0.734 bits per heavy atom. The summed E-state index contributed by atoms with van der Waals surface area (Å²) < 4.78 is 19.6. The van der Waals surface area contributed by atoms with Crippen LogP contribution < -0.4 is 4.90 Å². The number of hydrogen-bond donors (Lipinski definition) is 0. The highest BCUT2D eigenvalue weighted by atomic mass is 16.4. The number of anilines is 3. The summed E-state index contributed by atoms with van der Waals surface area (Å²) in [6, 6.07) is 114. The fourth-order valence-electron chi connectivity index (χ4n) is 16.5. The van der Waals surface area contributed by atoms with E-state index in [1.165, 1.54) is 70.8 Å². The van der Waals surface area contributed by atoms with Gasteiger partial charge in [-0.05, 0) is 177 Å². The van der Waals surface area contributed by atoms with E-state index in [0.717, 1.165) is 123 Å². The third-order valence-electron chi connectivity index (χ3n) is 20.4. The van der Waals surface area contributed by atoms with Crippen molar-refractivity contribution < 1.29 is 8.83 Å². The van der Waals surface area contributed by atoms with E-state index in [1.54, 1.807) is 0 Å². The van der Waals surface area contributed by atoms with Gasteiger partial charge < -0.3 is 22.9 Å². The van der Waals surface area contributed by atoms with Crippen LogP contribution in [0.2, 0.25) is 0 Å². The van der Waals surface area contributed by atoms with Gasteiger partial charge >= 0.3 is 0 Å². The Balaban J connectivity index is 0.880. The highest BCUT2D eigenvalue weighted by Crippen LogP contribution is 2.67. The number of rotatable bonds is 7. The van der Waals surface area contributed by atoms with Gasteiger partial charge in [-0.25, -0.2) is 0 Å². The summed E-state index contributed by atoms with van der Waals surface area (Å²) in [7, 11) is 0. The first-order chi connectivity index (χ1) is 46.4. The number of furan rings is 2. The molecule has 0 unspecified atom stereocenters. The van der Waals surface area contributed by atoms with Gasteiger partial charge in [0.1, 0.15) is 11.5 Å². The third kappa shape index (κ3) is 7.40. The molecule has 18 aromatic rings. The van der Waals surface area contributed by atoms with E-state index in [1.807, 2.05) is 0 Å². The number of aromatic nitrogens is 2. The molecule has 14 aromatic carbocycles. The fraction of sp³-hybridized carbons (Fsp3) is 0.0337. The maximum Gasteiger partial charge on any atom is 0.175 e. The molecule has 1 spiro atoms. The Bertz CT molecular complexity index is 6080. The van der Waals surface area contributed by atoms with Crippen molar-refractivity contribution >= 4 is 93.0 Å². The lowest BCUT2D eigenvalue weighted by molar-refractivity contribution is 0.540. The highest BCUT2D eigenvalue weighted by molar-refractivity contribution is 6.24. The summed E-state index contributed by atoms with van der Waals surface area (Å²) in [5.74, 6) is 3.10. The highest BCUT2D eigenvalue weighted by Gasteiger charge is 2.56. The van der Waals surface area contributed by atoms with Gasteiger partial charge in [0.2, 0.25) is 0 Å². The standard InChI is InChI=1S/C89H57N3O2/c1-54-22-18-27-58(46-54)83-52-76-87(93-83)88-77(53-84(94-88)59-28-19-23-55(2)47-59)89(76)74-39-13-17-43-81(74)92(60-29-20-26-57(48-60)71-51-73-65-34-8-6-32-63(65)70(56-24-4-3-5-25-56)50-72(73)66-35-9-7-33-64(66)71)86-75(89)44-45-82-85(86)69-38-12-16-42-80(69)91(82)62-31-21-30-61(49-62)90-78-40-14-10-36-67(78)68-37-11-15-41-79(68)90/h3-53H,1-2H3. The van der Waals surface area contributed by atoms with Crippen LogP contribution in [0.5, 0.6) is 0 Å². The summed E-state index contributed by atoms with van der Waals surface area (Å²) in [6.45, 7) is 4.29. The quantitative estimate of drug-likeness (QED) is 0.149. The summed E-state index contributed by atoms with van der Waals surface area (Å²) in [6.07, 6.45) is 0. The van der Waals surface area contributed by atoms with Crippen LogP contribution in [0, 0.1) is 13.8 Å². The summed E-state index contributed by atoms with van der Waals surface area (Å²) in [4.78, 5) is 2.58. The molecular weight excluding hydrogens is 1140 g/mol. The van der Waals surface area contributed by atoms with Gasteiger partial charge in [0.15, 0.2) is 11.5 Å². The van der Waals surface area contributed by atoms with Crippen LogP contribution in [0.4, 0.5) is 17.1 Å². The number of para-hydroxylation sites is 4. The van der Waals surface area contributed by atoms with E-state index in [-0.39, 0.29) is 0 Å². The lowest BCUT2D eigenvalue weighted by Gasteiger charge is -2.44. The van der Waals surface area contributed by atoms with Gasteiger partial charge in [-0.15, -0.1) is 0 Å². The maximum absolute atomic E-state index is 7.32. The van der Waals surface area contributed by atoms with Gasteiger partial charge in [-0.3, -0.25) is 0 Å². The monoisotopic (exact) mass is 1200 g/mol. The van der Waals surface area contributed by atoms with Crippen LogP contribution in [0.3, 0.4) is 0 Å². The van der Waals surface area contributed by atoms with Crippen molar-refractivity contribution in [2.24, 2.45) is 0 Å². The number of fused-ring (bicyclic) bond motifs is 21. The minimum Gasteiger partial charge on any atom is -0.452 e. The van der Waals surface area contributed by atoms with Gasteiger partial charge in [0, 0.05) is 60.9 Å². The minimum absolute atomic E-state index is 0.748. The van der Waals surface area contributed by atoms with Crippen LogP contribution >= 0.6 is 0 Å². The average molecular weight is 1200 g/mol. The summed E-state index contributed by atoms with van der Waals surface area (Å²) in [5, 5.41) is 12.1. The Morgan fingerprint density at radius 3 is 1.34 bits per heavy atom. The first kappa shape index (κ1) is 52.6. The van der Waals surface area contributed by atoms with Gasteiger partial charge in [-0.2, -0.15) is 0 Å². The molecule has 0 radical (unpaired) electrons. The molecule has 0 amide bonds. The number of nitrogens with zero attached hydrogens (tertiary/aromatic N) is 3. The van der Waals surface area contributed by atoms with Crippen molar-refractivity contribution in [2.75, 3.05) is 4.90 Å². The van der Waals surface area contributed by atoms with Crippen LogP contribution in [-0.2, 0) is 5.41 Å². The normalized spacial score (nSPS) is 13.1. The van der Waals surface area contributed by atoms with Gasteiger partial charge in [0.25, 0.3) is 0 Å². The van der Waals surface area contributed by atoms with Gasteiger partial charge in [0.05, 0.1) is 38.9 Å². The van der Waals surface area contributed by atoms with Crippen molar-refractivity contribution in [3.8, 4) is 67.8 Å². The Labute approximate surface area is 542 Å². The Morgan fingerprint density at radius 1 is 0.277 bits per heavy atom. The molecule has 0 fully saturated rings. The SMILES string of the molecule is Cc1cccc(-c2cc3c(o2)-c2oc(-c4cccc(C)c4)cc2C32c3ccccc3N(c3cccc(-c4cc5c6ccccc6c(-c6ccccc6)cc5c5ccccc45)c3)c3c2ccc2c3c3ccccc3n2-c2cccc(-n3c4ccccc4c4ccccc43)c2)c1. The van der Waals surface area contributed by atoms with E-state index < -0.39 is 5.41 Å². The zero-order chi connectivity index (χ0) is 61.9. The molecular formula is C89H57N3O2. The first-order valence-corrected chi connectivity index (χ1v) is 32.5. The largest absolute Gasteiger partial charge is 0.452 e. The molecule has 5 heterocycles. The fourth-order valence-corrected chi connectivity index (χ4v) is 16.5. The molecule has 4 aromatic heterocycles. The molecule has 5 heteroatoms. The third-order valence-corrected chi connectivity index (χ3v) is 20.4. The van der Waals surface area contributed by atoms with E-state index in [2.05, 4.69) is 337 Å². The molecule has 94 heavy (non-hydrogen) atoms. The van der Waals surface area contributed by atoms with Crippen LogP contribution in [0.1, 0.15) is 33.4 Å². The molecule has 440 valence electrons. The number of aryl methyl sites for hydroxylation is 2. The molecule has 2 aliphatic rings. The predicted molar refractivity (Wildman–Crippen MR) is 389 cm³/mol. The van der Waals surface area contributed by atoms with Crippen LogP contribution in [0.15, 0.2) is 318 Å². The Kier molecular flexibility index (Phi) is 11.1. The van der Waals surface area contributed by atoms with E-state index in [4.69, 9.17) is 8.83 Å². The molecule has 20 rings (SSSR count). The molecule has 0 atom stereocenters. The van der Waals surface area contributed by atoms with Crippen molar-refractivity contribution in [3.05, 3.63) is 343 Å². The van der Waals surface area contributed by atoms with Crippen molar-refractivity contribution in [2.45, 2.75) is 19.3 Å². The number of benzene rings is 14. The van der Waals surface area contributed by atoms with E-state index in [9.17, 15) is 0 Å². The van der Waals surface area contributed by atoms with E-state index >= 15 is 0 Å². The zero-order valence-corrected chi connectivity index (χ0v) is 51.6. The summed E-state index contributed by atoms with van der Waals surface area (Å²) >= 11 is 0. The molecule has 1 aliphatic heterocycles. The Hall–Kier alpha value is -12.2. The van der Waals surface area contributed by atoms with Gasteiger partial charge in [-0.1, -0.05) is 223 Å². The van der Waals surface area contributed by atoms with Crippen LogP contribution in [-0.4, -0.2) is 9.13 Å². The molecule has 0 saturated carbocycles. The molecule has 5 nitrogen and oxygen atoms in total. The average Bonchev–Trinajstić information content (AvgIpc) is 1.47.